The van der Waals surface area contributed by atoms with Crippen LogP contribution in [0, 0.1) is 31.6 Å². The van der Waals surface area contributed by atoms with Crippen LogP contribution in [-0.2, 0) is 28.4 Å². The SMILES string of the molecule is CCOc1cc(C)c2c(c1)/C=C/C[C@@H]1OC(C)(C)O[C@@H]1C(C)CC[C@@H](C)[C@H](C)OC2=O.CCOc1cc(C)c2c(c1)/C=C/C[C@@H]1OC(C)(C)O[C@@H]1C(O)CC[C@@H](C)[C@H](C)OC2=O. The number of hydrogen-bond acceptors (Lipinski definition) is 11. The second-order valence-electron chi connectivity index (χ2n) is 18.7. The summed E-state index contributed by atoms with van der Waals surface area (Å²) in [7, 11) is 0. The van der Waals surface area contributed by atoms with Gasteiger partial charge in [-0.25, -0.2) is 9.59 Å². The Morgan fingerprint density at radius 3 is 1.45 bits per heavy atom. The van der Waals surface area contributed by atoms with Gasteiger partial charge in [-0.1, -0.05) is 45.1 Å². The summed E-state index contributed by atoms with van der Waals surface area (Å²) in [6.07, 6.45) is 10.7. The summed E-state index contributed by atoms with van der Waals surface area (Å²) in [4.78, 5) is 26.2. The highest BCUT2D eigenvalue weighted by Gasteiger charge is 2.45. The third kappa shape index (κ3) is 12.7. The van der Waals surface area contributed by atoms with Crippen molar-refractivity contribution in [2.45, 2.75) is 183 Å². The van der Waals surface area contributed by atoms with Gasteiger partial charge in [0, 0.05) is 0 Å². The van der Waals surface area contributed by atoms with E-state index in [0.29, 0.717) is 55.3 Å². The molecule has 2 aromatic rings. The first kappa shape index (κ1) is 49.3. The quantitative estimate of drug-likeness (QED) is 0.295. The number of hydrogen-bond donors (Lipinski definition) is 1. The molecule has 344 valence electrons. The van der Waals surface area contributed by atoms with Crippen molar-refractivity contribution >= 4 is 24.1 Å². The van der Waals surface area contributed by atoms with Crippen LogP contribution in [0.25, 0.3) is 12.2 Å². The van der Waals surface area contributed by atoms with E-state index in [1.165, 1.54) is 0 Å². The van der Waals surface area contributed by atoms with Crippen LogP contribution in [0.1, 0.15) is 158 Å². The molecule has 2 unspecified atom stereocenters. The molecule has 4 aliphatic heterocycles. The van der Waals surface area contributed by atoms with E-state index in [1.54, 1.807) is 0 Å². The zero-order valence-electron chi connectivity index (χ0n) is 39.6. The summed E-state index contributed by atoms with van der Waals surface area (Å²) in [5.74, 6) is 0.239. The number of rotatable bonds is 4. The summed E-state index contributed by atoms with van der Waals surface area (Å²) in [5.41, 5.74) is 4.39. The molecule has 4 aliphatic rings. The lowest BCUT2D eigenvalue weighted by Crippen LogP contribution is -2.36. The number of esters is 2. The van der Waals surface area contributed by atoms with Gasteiger partial charge in [0.25, 0.3) is 0 Å². The zero-order valence-corrected chi connectivity index (χ0v) is 39.6. The molecule has 0 spiro atoms. The maximum Gasteiger partial charge on any atom is 0.339 e. The molecule has 0 aliphatic carbocycles. The molecule has 0 saturated carbocycles. The topological polar surface area (TPSA) is 128 Å². The number of aliphatic hydroxyl groups is 1. The Morgan fingerprint density at radius 1 is 0.597 bits per heavy atom. The number of aliphatic hydroxyl groups excluding tert-OH is 1. The van der Waals surface area contributed by atoms with Crippen molar-refractivity contribution < 1.29 is 52.6 Å². The molecule has 4 heterocycles. The van der Waals surface area contributed by atoms with Gasteiger partial charge in [-0.05, 0) is 172 Å². The summed E-state index contributed by atoms with van der Waals surface area (Å²) in [6, 6.07) is 7.56. The van der Waals surface area contributed by atoms with Gasteiger partial charge >= 0.3 is 11.9 Å². The van der Waals surface area contributed by atoms with Gasteiger partial charge in [0.05, 0.1) is 48.8 Å². The number of cyclic esters (lactones) is 2. The zero-order chi connectivity index (χ0) is 45.5. The van der Waals surface area contributed by atoms with Crippen molar-refractivity contribution in [1.29, 1.82) is 0 Å². The van der Waals surface area contributed by atoms with Crippen LogP contribution >= 0.6 is 0 Å². The van der Waals surface area contributed by atoms with Crippen LogP contribution in [-0.4, -0.2) is 84.6 Å². The van der Waals surface area contributed by atoms with Crippen LogP contribution in [0.4, 0.5) is 0 Å². The number of fused-ring (bicyclic) bond motifs is 4. The highest BCUT2D eigenvalue weighted by Crippen LogP contribution is 2.38. The number of benzene rings is 2. The maximum atomic E-state index is 13.1. The molecular formula is C51H74O11. The molecule has 2 aromatic carbocycles. The standard InChI is InChI=1S/C26H38O5.C25H36O6/c1-8-28-21-14-18(4)23-20(15-21)10-9-11-22-24(31-26(6,7)30-22)17(3)13-12-16(2)19(5)29-25(23)27;1-7-28-19-13-16(3)22-18(14-19)9-8-10-21-23(31-25(5,6)30-21)20(26)12-11-15(2)17(4)29-24(22)27/h9-10,14-17,19,22,24H,8,11-13H2,1-7H3;8-9,13-15,17,20-21,23,26H,7,10-12H2,1-6H3/b10-9+;9-8+/t16-,17?,19+,22+,24-;15-,17+,20?,21+,23-/m11/s1. The third-order valence-electron chi connectivity index (χ3n) is 12.6. The van der Waals surface area contributed by atoms with E-state index in [0.717, 1.165) is 47.3 Å². The lowest BCUT2D eigenvalue weighted by Gasteiger charge is -2.27. The molecule has 11 heteroatoms. The monoisotopic (exact) mass is 863 g/mol. The first-order chi connectivity index (χ1) is 29.2. The number of carbonyl (C=O) groups excluding carboxylic acids is 2. The van der Waals surface area contributed by atoms with Crippen molar-refractivity contribution in [3.05, 3.63) is 69.8 Å². The number of carbonyl (C=O) groups is 2. The Kier molecular flexibility index (Phi) is 16.9. The van der Waals surface area contributed by atoms with E-state index in [2.05, 4.69) is 19.9 Å². The first-order valence-electron chi connectivity index (χ1n) is 22.9. The van der Waals surface area contributed by atoms with E-state index in [4.69, 9.17) is 37.9 Å². The fourth-order valence-corrected chi connectivity index (χ4v) is 8.88. The molecular weight excluding hydrogens is 789 g/mol. The van der Waals surface area contributed by atoms with Gasteiger partial charge in [-0.15, -0.1) is 0 Å². The molecule has 2 saturated heterocycles. The highest BCUT2D eigenvalue weighted by molar-refractivity contribution is 5.96. The van der Waals surface area contributed by atoms with E-state index >= 15 is 0 Å². The van der Waals surface area contributed by atoms with E-state index in [1.807, 2.05) is 119 Å². The van der Waals surface area contributed by atoms with Gasteiger partial charge in [0.15, 0.2) is 11.6 Å². The summed E-state index contributed by atoms with van der Waals surface area (Å²) in [6.45, 7) is 26.8. The van der Waals surface area contributed by atoms with Crippen molar-refractivity contribution in [3.8, 4) is 11.5 Å². The van der Waals surface area contributed by atoms with Crippen LogP contribution in [0.2, 0.25) is 0 Å². The van der Waals surface area contributed by atoms with E-state index in [9.17, 15) is 14.7 Å². The molecule has 11 nitrogen and oxygen atoms in total. The molecule has 62 heavy (non-hydrogen) atoms. The van der Waals surface area contributed by atoms with Crippen molar-refractivity contribution in [2.75, 3.05) is 13.2 Å². The van der Waals surface area contributed by atoms with Crippen molar-refractivity contribution in [3.63, 3.8) is 0 Å². The van der Waals surface area contributed by atoms with Gasteiger partial charge in [0.1, 0.15) is 29.8 Å². The predicted molar refractivity (Wildman–Crippen MR) is 241 cm³/mol. The third-order valence-corrected chi connectivity index (χ3v) is 12.6. The van der Waals surface area contributed by atoms with Gasteiger partial charge in [-0.3, -0.25) is 0 Å². The number of aryl methyl sites for hydroxylation is 2. The average Bonchev–Trinajstić information content (AvgIpc) is 3.68. The smallest absolute Gasteiger partial charge is 0.339 e. The largest absolute Gasteiger partial charge is 0.494 e. The predicted octanol–water partition coefficient (Wildman–Crippen LogP) is 10.6. The van der Waals surface area contributed by atoms with Crippen LogP contribution in [0.5, 0.6) is 11.5 Å². The van der Waals surface area contributed by atoms with Crippen LogP contribution in [0.15, 0.2) is 36.4 Å². The molecule has 0 amide bonds. The molecule has 0 bridgehead atoms. The minimum atomic E-state index is -0.743. The second kappa shape index (κ2) is 21.3. The minimum absolute atomic E-state index is 0.0107. The second-order valence-corrected chi connectivity index (χ2v) is 18.7. The lowest BCUT2D eigenvalue weighted by atomic mass is 9.88. The molecule has 0 radical (unpaired) electrons. The van der Waals surface area contributed by atoms with Gasteiger partial charge in [-0.2, -0.15) is 0 Å². The Hall–Kier alpha value is -3.74. The lowest BCUT2D eigenvalue weighted by molar-refractivity contribution is -0.155. The fraction of sp³-hybridized carbons (Fsp3) is 0.647. The van der Waals surface area contributed by atoms with Crippen LogP contribution < -0.4 is 9.47 Å². The van der Waals surface area contributed by atoms with Gasteiger partial charge in [0.2, 0.25) is 0 Å². The Bertz CT molecular complexity index is 1760. The Balaban J connectivity index is 0.000000234. The summed E-state index contributed by atoms with van der Waals surface area (Å²) < 4.78 is 47.7. The minimum Gasteiger partial charge on any atom is -0.494 e. The first-order valence-corrected chi connectivity index (χ1v) is 22.9. The molecule has 0 aromatic heterocycles. The van der Waals surface area contributed by atoms with E-state index < -0.39 is 23.8 Å². The van der Waals surface area contributed by atoms with E-state index in [-0.39, 0.29) is 54.3 Å². The Labute approximate surface area is 370 Å². The number of ether oxygens (including phenoxy) is 8. The summed E-state index contributed by atoms with van der Waals surface area (Å²) >= 11 is 0. The van der Waals surface area contributed by atoms with Crippen LogP contribution in [0.3, 0.4) is 0 Å². The maximum absolute atomic E-state index is 13.1. The van der Waals surface area contributed by atoms with Crippen molar-refractivity contribution in [1.82, 2.24) is 0 Å². The molecule has 10 atom stereocenters. The fourth-order valence-electron chi connectivity index (χ4n) is 8.88. The highest BCUT2D eigenvalue weighted by atomic mass is 16.8. The molecule has 1 N–H and O–H groups in total. The average molecular weight is 863 g/mol. The Morgan fingerprint density at radius 2 is 1.00 bits per heavy atom. The van der Waals surface area contributed by atoms with Gasteiger partial charge < -0.3 is 43.0 Å². The van der Waals surface area contributed by atoms with Crippen molar-refractivity contribution in [2.24, 2.45) is 17.8 Å². The molecule has 2 fully saturated rings. The molecule has 6 rings (SSSR count). The summed E-state index contributed by atoms with van der Waals surface area (Å²) in [5, 5.41) is 10.8. The normalized spacial score (nSPS) is 32.4.